The van der Waals surface area contributed by atoms with Gasteiger partial charge in [0.15, 0.2) is 0 Å². The zero-order valence-corrected chi connectivity index (χ0v) is 19.9. The topological polar surface area (TPSA) is 108 Å². The number of unbranched alkanes of at least 4 members (excludes halogenated alkanes) is 3. The van der Waals surface area contributed by atoms with Crippen molar-refractivity contribution < 1.29 is 24.2 Å². The molecule has 0 aromatic heterocycles. The van der Waals surface area contributed by atoms with Crippen LogP contribution in [0.25, 0.3) is 0 Å². The lowest BCUT2D eigenvalue weighted by atomic mass is 9.66. The van der Waals surface area contributed by atoms with E-state index in [1.54, 1.807) is 36.2 Å². The van der Waals surface area contributed by atoms with Crippen molar-refractivity contribution in [2.45, 2.75) is 62.7 Å². The molecule has 3 aliphatic heterocycles. The predicted octanol–water partition coefficient (Wildman–Crippen LogP) is 2.34. The van der Waals surface area contributed by atoms with E-state index in [0.29, 0.717) is 42.9 Å². The fourth-order valence-electron chi connectivity index (χ4n) is 6.01. The second kappa shape index (κ2) is 9.24. The van der Waals surface area contributed by atoms with Crippen LogP contribution in [0.15, 0.2) is 24.3 Å². The van der Waals surface area contributed by atoms with Gasteiger partial charge in [0.05, 0.1) is 17.4 Å². The minimum absolute atomic E-state index is 0.139. The van der Waals surface area contributed by atoms with Crippen molar-refractivity contribution in [3.63, 3.8) is 0 Å². The zero-order chi connectivity index (χ0) is 23.8. The first-order valence-corrected chi connectivity index (χ1v) is 12.0. The number of hydrogen-bond acceptors (Lipinski definition) is 5. The Hall–Kier alpha value is -2.16. The van der Waals surface area contributed by atoms with Gasteiger partial charge >= 0.3 is 0 Å². The van der Waals surface area contributed by atoms with Gasteiger partial charge in [-0.1, -0.05) is 24.4 Å². The van der Waals surface area contributed by atoms with Crippen LogP contribution in [0.4, 0.5) is 5.69 Å². The first-order chi connectivity index (χ1) is 15.8. The molecule has 3 fully saturated rings. The third kappa shape index (κ3) is 4.02. The van der Waals surface area contributed by atoms with Crippen molar-refractivity contribution in [3.8, 4) is 0 Å². The number of halogens is 1. The van der Waals surface area contributed by atoms with Gasteiger partial charge in [-0.25, -0.2) is 0 Å². The number of fused-ring (bicyclic) bond motifs is 1. The fourth-order valence-corrected chi connectivity index (χ4v) is 6.14. The summed E-state index contributed by atoms with van der Waals surface area (Å²) in [4.78, 5) is 41.8. The molecule has 3 heterocycles. The molecule has 5 atom stereocenters. The van der Waals surface area contributed by atoms with Crippen LogP contribution in [-0.2, 0) is 19.1 Å². The van der Waals surface area contributed by atoms with Crippen LogP contribution < -0.4 is 10.6 Å². The van der Waals surface area contributed by atoms with Crippen LogP contribution in [0, 0.1) is 11.8 Å². The van der Waals surface area contributed by atoms with Gasteiger partial charge in [0.25, 0.3) is 0 Å². The molecule has 1 aromatic rings. The second-order valence-electron chi connectivity index (χ2n) is 9.51. The van der Waals surface area contributed by atoms with Crippen LogP contribution in [0.5, 0.6) is 0 Å². The monoisotopic (exact) mass is 477 g/mol. The predicted molar refractivity (Wildman–Crippen MR) is 124 cm³/mol. The number of carbonyl (C=O) groups excluding carboxylic acids is 3. The van der Waals surface area contributed by atoms with Gasteiger partial charge in [-0.3, -0.25) is 14.4 Å². The van der Waals surface area contributed by atoms with E-state index in [4.69, 9.17) is 21.4 Å². The highest BCUT2D eigenvalue weighted by atomic mass is 35.5. The molecule has 33 heavy (non-hydrogen) atoms. The fraction of sp³-hybridized carbons (Fsp3) is 0.625. The van der Waals surface area contributed by atoms with Gasteiger partial charge in [0.2, 0.25) is 17.7 Å². The second-order valence-corrected chi connectivity index (χ2v) is 9.94. The summed E-state index contributed by atoms with van der Waals surface area (Å²) < 4.78 is 6.50. The number of likely N-dealkylation sites (tertiary alicyclic amines) is 1. The summed E-state index contributed by atoms with van der Waals surface area (Å²) in [5.74, 6) is -2.04. The SMILES string of the molecule is CNC(=O)[C@@H]1[C@H]2C(=O)N(CCCCCCO)C(C(=O)Nc3ccc(Cl)cc3)C23CC[C@@]1(C)O3. The van der Waals surface area contributed by atoms with Gasteiger partial charge in [-0.05, 0) is 56.9 Å². The number of nitrogens with one attached hydrogen (secondary N) is 2. The van der Waals surface area contributed by atoms with E-state index >= 15 is 0 Å². The van der Waals surface area contributed by atoms with Gasteiger partial charge in [0.1, 0.15) is 11.6 Å². The summed E-state index contributed by atoms with van der Waals surface area (Å²) in [6, 6.07) is 5.99. The Morgan fingerprint density at radius 3 is 2.52 bits per heavy atom. The summed E-state index contributed by atoms with van der Waals surface area (Å²) in [7, 11) is 1.56. The van der Waals surface area contributed by atoms with Crippen LogP contribution in [0.1, 0.15) is 45.4 Å². The normalized spacial score (nSPS) is 32.2. The number of benzene rings is 1. The minimum atomic E-state index is -1.02. The third-order valence-corrected chi connectivity index (χ3v) is 7.72. The highest BCUT2D eigenvalue weighted by Crippen LogP contribution is 2.63. The number of aliphatic hydroxyl groups is 1. The molecule has 1 spiro atoms. The number of nitrogens with zero attached hydrogens (tertiary/aromatic N) is 1. The van der Waals surface area contributed by atoms with Crippen LogP contribution in [0.3, 0.4) is 0 Å². The van der Waals surface area contributed by atoms with Crippen LogP contribution in [-0.4, -0.2) is 65.2 Å². The Morgan fingerprint density at radius 1 is 1.15 bits per heavy atom. The number of carbonyl (C=O) groups is 3. The van der Waals surface area contributed by atoms with E-state index in [1.165, 1.54) is 0 Å². The average molecular weight is 478 g/mol. The number of hydrogen-bond donors (Lipinski definition) is 3. The van der Waals surface area contributed by atoms with E-state index < -0.39 is 29.1 Å². The largest absolute Gasteiger partial charge is 0.396 e. The number of aliphatic hydroxyl groups excluding tert-OH is 1. The molecule has 8 nitrogen and oxygen atoms in total. The lowest BCUT2D eigenvalue weighted by Crippen LogP contribution is -2.53. The summed E-state index contributed by atoms with van der Waals surface area (Å²) in [5, 5.41) is 15.2. The first-order valence-electron chi connectivity index (χ1n) is 11.7. The Labute approximate surface area is 199 Å². The van der Waals surface area contributed by atoms with E-state index in [9.17, 15) is 14.4 Å². The summed E-state index contributed by atoms with van der Waals surface area (Å²) in [6.45, 7) is 2.42. The van der Waals surface area contributed by atoms with Crippen molar-refractivity contribution in [2.75, 3.05) is 25.5 Å². The van der Waals surface area contributed by atoms with Gasteiger partial charge < -0.3 is 25.4 Å². The van der Waals surface area contributed by atoms with Crippen LogP contribution >= 0.6 is 11.6 Å². The van der Waals surface area contributed by atoms with E-state index in [2.05, 4.69) is 10.6 Å². The number of rotatable bonds is 9. The molecule has 2 bridgehead atoms. The van der Waals surface area contributed by atoms with Crippen molar-refractivity contribution in [3.05, 3.63) is 29.3 Å². The molecule has 4 rings (SSSR count). The average Bonchev–Trinajstić information content (AvgIpc) is 3.35. The quantitative estimate of drug-likeness (QED) is 0.473. The first kappa shape index (κ1) is 24.0. The molecule has 180 valence electrons. The van der Waals surface area contributed by atoms with Gasteiger partial charge in [-0.15, -0.1) is 0 Å². The molecule has 3 N–H and O–H groups in total. The van der Waals surface area contributed by atoms with Crippen molar-refractivity contribution >= 4 is 35.0 Å². The minimum Gasteiger partial charge on any atom is -0.396 e. The molecule has 9 heteroatoms. The van der Waals surface area contributed by atoms with Crippen LogP contribution in [0.2, 0.25) is 5.02 Å². The Bertz CT molecular complexity index is 925. The highest BCUT2D eigenvalue weighted by Gasteiger charge is 2.77. The van der Waals surface area contributed by atoms with Crippen molar-refractivity contribution in [2.24, 2.45) is 11.8 Å². The lowest BCUT2D eigenvalue weighted by Gasteiger charge is -2.33. The molecular formula is C24H32ClN3O5. The maximum absolute atomic E-state index is 13.7. The Kier molecular flexibility index (Phi) is 6.71. The molecule has 3 saturated heterocycles. The maximum Gasteiger partial charge on any atom is 0.250 e. The molecule has 2 unspecified atom stereocenters. The maximum atomic E-state index is 13.7. The lowest BCUT2D eigenvalue weighted by molar-refractivity contribution is -0.144. The molecule has 1 aromatic carbocycles. The Morgan fingerprint density at radius 2 is 1.85 bits per heavy atom. The summed E-state index contributed by atoms with van der Waals surface area (Å²) in [6.07, 6.45) is 4.27. The van der Waals surface area contributed by atoms with Gasteiger partial charge in [0, 0.05) is 30.9 Å². The van der Waals surface area contributed by atoms with Gasteiger partial charge in [-0.2, -0.15) is 0 Å². The molecule has 3 amide bonds. The smallest absolute Gasteiger partial charge is 0.250 e. The molecular weight excluding hydrogens is 446 g/mol. The summed E-state index contributed by atoms with van der Waals surface area (Å²) >= 11 is 5.97. The van der Waals surface area contributed by atoms with Crippen molar-refractivity contribution in [1.29, 1.82) is 0 Å². The van der Waals surface area contributed by atoms with Crippen molar-refractivity contribution in [1.82, 2.24) is 10.2 Å². The molecule has 3 aliphatic rings. The van der Waals surface area contributed by atoms with E-state index in [0.717, 1.165) is 12.8 Å². The number of ether oxygens (including phenoxy) is 1. The molecule has 0 radical (unpaired) electrons. The third-order valence-electron chi connectivity index (χ3n) is 7.47. The standard InChI is InChI=1S/C24H32ClN3O5/c1-23-11-12-24(33-23)18(17(23)20(30)26-2)22(32)28(13-5-3-4-6-14-29)19(24)21(31)27-16-9-7-15(25)8-10-16/h7-10,17-19,29H,3-6,11-14H2,1-2H3,(H,26,30)(H,27,31)/t17-,18-,19?,23+,24?/m0/s1. The zero-order valence-electron chi connectivity index (χ0n) is 19.1. The van der Waals surface area contributed by atoms with E-state index in [1.807, 2.05) is 6.92 Å². The Balaban J connectivity index is 1.64. The number of anilines is 1. The summed E-state index contributed by atoms with van der Waals surface area (Å²) in [5.41, 5.74) is -1.21. The number of amides is 3. The molecule has 0 aliphatic carbocycles. The van der Waals surface area contributed by atoms with E-state index in [-0.39, 0.29) is 24.3 Å². The molecule has 0 saturated carbocycles. The highest BCUT2D eigenvalue weighted by molar-refractivity contribution is 6.30.